The molecule has 186 valence electrons. The minimum Gasteiger partial charge on any atom is -0.453 e. The van der Waals surface area contributed by atoms with E-state index in [0.29, 0.717) is 19.4 Å². The number of methoxy groups -OCH3 is 1. The van der Waals surface area contributed by atoms with Crippen LogP contribution in [0.4, 0.5) is 9.18 Å². The van der Waals surface area contributed by atoms with Gasteiger partial charge in [0.1, 0.15) is 5.82 Å². The summed E-state index contributed by atoms with van der Waals surface area (Å²) in [5, 5.41) is 0. The summed E-state index contributed by atoms with van der Waals surface area (Å²) in [5.74, 6) is -0.353. The van der Waals surface area contributed by atoms with Crippen molar-refractivity contribution >= 4 is 33.0 Å². The van der Waals surface area contributed by atoms with E-state index in [4.69, 9.17) is 4.74 Å². The predicted octanol–water partition coefficient (Wildman–Crippen LogP) is 6.63. The molecule has 0 saturated carbocycles. The lowest BCUT2D eigenvalue weighted by Gasteiger charge is -2.39. The zero-order valence-corrected chi connectivity index (χ0v) is 22.8. The first-order chi connectivity index (χ1) is 15.9. The van der Waals surface area contributed by atoms with Crippen molar-refractivity contribution in [2.24, 2.45) is 0 Å². The molecule has 1 amide bonds. The van der Waals surface area contributed by atoms with Crippen molar-refractivity contribution in [2.45, 2.75) is 56.9 Å². The monoisotopic (exact) mass is 552 g/mol. The average molecular weight is 554 g/mol. The second kappa shape index (κ2) is 12.1. The van der Waals surface area contributed by atoms with Crippen LogP contribution in [0.1, 0.15) is 57.7 Å². The van der Waals surface area contributed by atoms with E-state index in [1.807, 2.05) is 52.0 Å². The first kappa shape index (κ1) is 28.2. The summed E-state index contributed by atoms with van der Waals surface area (Å²) in [6, 6.07) is 13.6. The van der Waals surface area contributed by atoms with Gasteiger partial charge in [0, 0.05) is 11.0 Å². The fourth-order valence-corrected chi connectivity index (χ4v) is 4.88. The molecule has 3 atom stereocenters. The summed E-state index contributed by atoms with van der Waals surface area (Å²) in [6.07, 6.45) is 2.13. The molecule has 2 aromatic rings. The van der Waals surface area contributed by atoms with Crippen molar-refractivity contribution in [3.05, 3.63) is 82.6 Å². The summed E-state index contributed by atoms with van der Waals surface area (Å²) in [6.45, 7) is 11.8. The smallest absolute Gasteiger partial charge is 0.409 e. The van der Waals surface area contributed by atoms with Gasteiger partial charge in [-0.1, -0.05) is 46.3 Å². The van der Waals surface area contributed by atoms with Crippen LogP contribution in [-0.2, 0) is 21.3 Å². The highest BCUT2D eigenvalue weighted by atomic mass is 79.9. The molecule has 0 spiro atoms. The molecule has 0 fully saturated rings. The van der Waals surface area contributed by atoms with Crippen LogP contribution in [-0.4, -0.2) is 33.6 Å². The van der Waals surface area contributed by atoms with Gasteiger partial charge < -0.3 is 9.64 Å². The molecule has 34 heavy (non-hydrogen) atoms. The van der Waals surface area contributed by atoms with Crippen molar-refractivity contribution in [3.63, 3.8) is 0 Å². The summed E-state index contributed by atoms with van der Waals surface area (Å²) in [4.78, 5) is 14.4. The second-order valence-corrected chi connectivity index (χ2v) is 12.1. The third-order valence-corrected chi connectivity index (χ3v) is 7.96. The molecule has 0 bridgehead atoms. The van der Waals surface area contributed by atoms with E-state index in [1.54, 1.807) is 23.1 Å². The Morgan fingerprint density at radius 2 is 1.79 bits per heavy atom. The number of halogens is 2. The Morgan fingerprint density at radius 1 is 1.21 bits per heavy atom. The van der Waals surface area contributed by atoms with Gasteiger partial charge in [-0.3, -0.25) is 0 Å². The van der Waals surface area contributed by atoms with Gasteiger partial charge in [-0.2, -0.15) is 0 Å². The molecule has 0 aromatic heterocycles. The number of ether oxygens (including phenoxy) is 1. The number of nitrogens with zero attached hydrogens (tertiary/aromatic N) is 1. The number of hydrogen-bond acceptors (Lipinski definition) is 3. The lowest BCUT2D eigenvalue weighted by Crippen LogP contribution is -2.50. The summed E-state index contributed by atoms with van der Waals surface area (Å²) < 4.78 is 35.7. The SMILES string of the molecule is C=CC[C@@](CCN(C(=O)OC)[C@@H](C)c1ccc(Br)cc1)(N[S@@](=O)C(C)(C)C)c1ccc(F)cc1. The average Bonchev–Trinajstić information content (AvgIpc) is 2.79. The Balaban J connectivity index is 2.46. The number of benzene rings is 2. The van der Waals surface area contributed by atoms with Crippen LogP contribution >= 0.6 is 15.9 Å². The lowest BCUT2D eigenvalue weighted by molar-refractivity contribution is 0.102. The molecule has 2 aromatic carbocycles. The quantitative estimate of drug-likeness (QED) is 0.336. The minimum absolute atomic E-state index is 0.261. The molecule has 0 aliphatic rings. The Morgan fingerprint density at radius 3 is 2.29 bits per heavy atom. The Labute approximate surface area is 213 Å². The third-order valence-electron chi connectivity index (χ3n) is 5.74. The molecule has 5 nitrogen and oxygen atoms in total. The fraction of sp³-hybridized carbons (Fsp3) is 0.423. The molecule has 0 heterocycles. The fourth-order valence-electron chi connectivity index (χ4n) is 3.65. The van der Waals surface area contributed by atoms with Crippen LogP contribution in [0, 0.1) is 5.82 Å². The highest BCUT2D eigenvalue weighted by Gasteiger charge is 2.37. The third kappa shape index (κ3) is 7.23. The number of carbonyl (C=O) groups excluding carboxylic acids is 1. The van der Waals surface area contributed by atoms with Gasteiger partial charge in [-0.05, 0) is 75.9 Å². The minimum atomic E-state index is -1.42. The van der Waals surface area contributed by atoms with E-state index in [9.17, 15) is 13.4 Å². The van der Waals surface area contributed by atoms with E-state index in [1.165, 1.54) is 19.2 Å². The molecule has 0 radical (unpaired) electrons. The molecular formula is C26H34BrFN2O3S. The summed E-state index contributed by atoms with van der Waals surface area (Å²) in [7, 11) is -0.0673. The highest BCUT2D eigenvalue weighted by Crippen LogP contribution is 2.34. The van der Waals surface area contributed by atoms with Gasteiger partial charge in [-0.25, -0.2) is 18.1 Å². The maximum Gasteiger partial charge on any atom is 0.409 e. The molecule has 0 unspecified atom stereocenters. The van der Waals surface area contributed by atoms with E-state index in [2.05, 4.69) is 27.2 Å². The predicted molar refractivity (Wildman–Crippen MR) is 140 cm³/mol. The van der Waals surface area contributed by atoms with E-state index in [-0.39, 0.29) is 11.9 Å². The Kier molecular flexibility index (Phi) is 10.0. The maximum absolute atomic E-state index is 13.7. The van der Waals surface area contributed by atoms with Gasteiger partial charge in [0.2, 0.25) is 0 Å². The standard InChI is InChI=1S/C26H34BrFN2O3S/c1-7-16-26(29-34(32)25(3,4)5,21-10-14-23(28)15-11-21)17-18-30(24(31)33-6)19(2)20-8-12-22(27)13-9-20/h7-15,19,29H,1,16-18H2,2-6H3/t19-,26-,34-/m0/s1. The molecule has 2 rings (SSSR count). The van der Waals surface area contributed by atoms with Crippen molar-refractivity contribution in [3.8, 4) is 0 Å². The largest absolute Gasteiger partial charge is 0.453 e. The molecule has 0 saturated heterocycles. The van der Waals surface area contributed by atoms with Crippen molar-refractivity contribution in [2.75, 3.05) is 13.7 Å². The zero-order chi connectivity index (χ0) is 25.5. The normalized spacial score (nSPS) is 15.1. The van der Waals surface area contributed by atoms with Gasteiger partial charge in [0.05, 0.1) is 34.4 Å². The summed E-state index contributed by atoms with van der Waals surface area (Å²) >= 11 is 3.44. The molecule has 0 aliphatic carbocycles. The zero-order valence-electron chi connectivity index (χ0n) is 20.4. The van der Waals surface area contributed by atoms with Gasteiger partial charge in [-0.15, -0.1) is 6.58 Å². The van der Waals surface area contributed by atoms with Crippen molar-refractivity contribution < 1.29 is 18.1 Å². The van der Waals surface area contributed by atoms with Crippen molar-refractivity contribution in [1.82, 2.24) is 9.62 Å². The van der Waals surface area contributed by atoms with Crippen LogP contribution in [0.5, 0.6) is 0 Å². The number of nitrogens with one attached hydrogen (secondary N) is 1. The van der Waals surface area contributed by atoms with E-state index >= 15 is 0 Å². The number of amides is 1. The second-order valence-electron chi connectivity index (χ2n) is 9.21. The molecule has 1 N–H and O–H groups in total. The number of hydrogen-bond donors (Lipinski definition) is 1. The molecule has 0 aliphatic heterocycles. The van der Waals surface area contributed by atoms with Gasteiger partial charge in [0.25, 0.3) is 0 Å². The Bertz CT molecular complexity index is 993. The number of carbonyl (C=O) groups is 1. The van der Waals surface area contributed by atoms with Gasteiger partial charge >= 0.3 is 6.09 Å². The first-order valence-electron chi connectivity index (χ1n) is 11.1. The Hall–Kier alpha value is -2.03. The van der Waals surface area contributed by atoms with Crippen molar-refractivity contribution in [1.29, 1.82) is 0 Å². The van der Waals surface area contributed by atoms with E-state index < -0.39 is 27.4 Å². The van der Waals surface area contributed by atoms with Crippen LogP contribution < -0.4 is 4.72 Å². The maximum atomic E-state index is 13.7. The van der Waals surface area contributed by atoms with Crippen LogP contribution in [0.2, 0.25) is 0 Å². The highest BCUT2D eigenvalue weighted by molar-refractivity contribution is 9.10. The lowest BCUT2D eigenvalue weighted by atomic mass is 9.84. The van der Waals surface area contributed by atoms with Crippen LogP contribution in [0.25, 0.3) is 0 Å². The molecule has 8 heteroatoms. The topological polar surface area (TPSA) is 58.6 Å². The summed E-state index contributed by atoms with van der Waals surface area (Å²) in [5.41, 5.74) is 0.891. The number of rotatable bonds is 10. The first-order valence-corrected chi connectivity index (χ1v) is 13.0. The van der Waals surface area contributed by atoms with Crippen LogP contribution in [0.15, 0.2) is 65.7 Å². The van der Waals surface area contributed by atoms with Crippen LogP contribution in [0.3, 0.4) is 0 Å². The molecular weight excluding hydrogens is 519 g/mol. The van der Waals surface area contributed by atoms with E-state index in [0.717, 1.165) is 15.6 Å². The van der Waals surface area contributed by atoms with Gasteiger partial charge in [0.15, 0.2) is 0 Å².